The maximum absolute atomic E-state index is 12.7. The summed E-state index contributed by atoms with van der Waals surface area (Å²) in [6.07, 6.45) is 52.0. The molecule has 0 bridgehead atoms. The Morgan fingerprint density at radius 1 is 0.382 bits per heavy atom. The molecule has 1 unspecified atom stereocenters. The highest BCUT2D eigenvalue weighted by Crippen LogP contribution is 2.13. The van der Waals surface area contributed by atoms with Gasteiger partial charge in [0.1, 0.15) is 13.2 Å². The highest BCUT2D eigenvalue weighted by Gasteiger charge is 2.19. The first-order valence-corrected chi connectivity index (χ1v) is 22.8. The van der Waals surface area contributed by atoms with Crippen LogP contribution < -0.4 is 0 Å². The van der Waals surface area contributed by atoms with E-state index in [1.165, 1.54) is 64.2 Å². The molecule has 0 aliphatic rings. The van der Waals surface area contributed by atoms with Crippen LogP contribution in [0.2, 0.25) is 0 Å². The molecule has 0 aromatic carbocycles. The molecule has 0 spiro atoms. The molecule has 0 N–H and O–H groups in total. The first kappa shape index (κ1) is 52.1. The van der Waals surface area contributed by atoms with E-state index in [4.69, 9.17) is 14.2 Å². The van der Waals surface area contributed by atoms with Gasteiger partial charge < -0.3 is 14.2 Å². The molecule has 0 saturated carbocycles. The molecular weight excluding hydrogens is 685 g/mol. The van der Waals surface area contributed by atoms with E-state index in [2.05, 4.69) is 81.5 Å². The van der Waals surface area contributed by atoms with E-state index >= 15 is 0 Å². The minimum Gasteiger partial charge on any atom is -0.462 e. The van der Waals surface area contributed by atoms with Crippen molar-refractivity contribution in [2.45, 2.75) is 219 Å². The number of hydrogen-bond acceptors (Lipinski definition) is 6. The van der Waals surface area contributed by atoms with Crippen LogP contribution >= 0.6 is 0 Å². The topological polar surface area (TPSA) is 78.9 Å². The lowest BCUT2D eigenvalue weighted by Crippen LogP contribution is -2.30. The van der Waals surface area contributed by atoms with E-state index in [1.807, 2.05) is 0 Å². The Hall–Kier alpha value is -2.89. The molecule has 6 nitrogen and oxygen atoms in total. The summed E-state index contributed by atoms with van der Waals surface area (Å²) in [7, 11) is 0. The molecule has 0 heterocycles. The van der Waals surface area contributed by atoms with Crippen LogP contribution in [0.25, 0.3) is 0 Å². The number of hydrogen-bond donors (Lipinski definition) is 0. The van der Waals surface area contributed by atoms with Crippen molar-refractivity contribution in [3.05, 3.63) is 60.8 Å². The molecule has 0 aliphatic heterocycles. The molecule has 0 saturated heterocycles. The molecule has 0 aromatic heterocycles. The van der Waals surface area contributed by atoms with Crippen LogP contribution in [-0.4, -0.2) is 37.2 Å². The standard InChI is InChI=1S/C49H84O6/c1-4-7-10-13-16-19-21-22-23-24-25-26-28-30-33-36-39-42-48(51)54-45-46(44-53-47(50)41-38-35-32-29-18-15-12-9-6-3)55-49(52)43-40-37-34-31-27-20-17-14-11-8-5-2/h7,10,14,16-17,19,22-23,25-26,46H,4-6,8-9,11-13,15,18,20-21,24,27-45H2,1-3H3/b10-7-,17-14-,19-16-,23-22-,26-25-. The van der Waals surface area contributed by atoms with E-state index in [0.717, 1.165) is 109 Å². The van der Waals surface area contributed by atoms with Crippen molar-refractivity contribution in [1.82, 2.24) is 0 Å². The summed E-state index contributed by atoms with van der Waals surface area (Å²) < 4.78 is 16.7. The van der Waals surface area contributed by atoms with Crippen molar-refractivity contribution in [2.75, 3.05) is 13.2 Å². The van der Waals surface area contributed by atoms with Crippen molar-refractivity contribution in [3.8, 4) is 0 Å². The number of rotatable bonds is 40. The Morgan fingerprint density at radius 3 is 1.18 bits per heavy atom. The van der Waals surface area contributed by atoms with Gasteiger partial charge >= 0.3 is 17.9 Å². The number of unbranched alkanes of at least 4 members (excludes halogenated alkanes) is 19. The fourth-order valence-corrected chi connectivity index (χ4v) is 6.06. The van der Waals surface area contributed by atoms with Gasteiger partial charge in [-0.2, -0.15) is 0 Å². The third-order valence-corrected chi connectivity index (χ3v) is 9.51. The average molecular weight is 769 g/mol. The minimum atomic E-state index is -0.783. The van der Waals surface area contributed by atoms with Crippen molar-refractivity contribution in [1.29, 1.82) is 0 Å². The highest BCUT2D eigenvalue weighted by atomic mass is 16.6. The van der Waals surface area contributed by atoms with Gasteiger partial charge in [-0.05, 0) is 77.0 Å². The first-order valence-electron chi connectivity index (χ1n) is 22.8. The molecule has 6 heteroatoms. The predicted octanol–water partition coefficient (Wildman–Crippen LogP) is 14.5. The van der Waals surface area contributed by atoms with Crippen molar-refractivity contribution >= 4 is 17.9 Å². The summed E-state index contributed by atoms with van der Waals surface area (Å²) in [4.78, 5) is 37.7. The van der Waals surface area contributed by atoms with Crippen LogP contribution in [0.4, 0.5) is 0 Å². The number of carbonyl (C=O) groups excluding carboxylic acids is 3. The summed E-state index contributed by atoms with van der Waals surface area (Å²) in [6.45, 7) is 6.42. The predicted molar refractivity (Wildman–Crippen MR) is 233 cm³/mol. The van der Waals surface area contributed by atoms with Crippen LogP contribution in [0.3, 0.4) is 0 Å². The normalized spacial score (nSPS) is 12.6. The summed E-state index contributed by atoms with van der Waals surface area (Å²) >= 11 is 0. The van der Waals surface area contributed by atoms with Crippen LogP contribution in [0.1, 0.15) is 213 Å². The van der Waals surface area contributed by atoms with Crippen LogP contribution in [0, 0.1) is 0 Å². The van der Waals surface area contributed by atoms with Crippen molar-refractivity contribution in [3.63, 3.8) is 0 Å². The van der Waals surface area contributed by atoms with E-state index in [-0.39, 0.29) is 31.1 Å². The molecule has 0 aliphatic carbocycles. The molecule has 0 aromatic rings. The Kier molecular flexibility index (Phi) is 41.5. The Balaban J connectivity index is 4.39. The summed E-state index contributed by atoms with van der Waals surface area (Å²) in [5.74, 6) is -0.926. The van der Waals surface area contributed by atoms with Gasteiger partial charge in [-0.1, -0.05) is 178 Å². The number of allylic oxidation sites excluding steroid dienone is 10. The van der Waals surface area contributed by atoms with Crippen LogP contribution in [-0.2, 0) is 28.6 Å². The maximum atomic E-state index is 12.7. The van der Waals surface area contributed by atoms with Gasteiger partial charge in [0.05, 0.1) is 0 Å². The number of esters is 3. The van der Waals surface area contributed by atoms with Crippen LogP contribution in [0.15, 0.2) is 60.8 Å². The Morgan fingerprint density at radius 2 is 0.727 bits per heavy atom. The zero-order valence-corrected chi connectivity index (χ0v) is 35.9. The fourth-order valence-electron chi connectivity index (χ4n) is 6.06. The second-order valence-electron chi connectivity index (χ2n) is 14.9. The van der Waals surface area contributed by atoms with E-state index < -0.39 is 6.10 Å². The van der Waals surface area contributed by atoms with Gasteiger partial charge in [0.15, 0.2) is 6.10 Å². The fraction of sp³-hybridized carbons (Fsp3) is 0.735. The molecule has 316 valence electrons. The summed E-state index contributed by atoms with van der Waals surface area (Å²) in [5.41, 5.74) is 0. The lowest BCUT2D eigenvalue weighted by Gasteiger charge is -2.18. The van der Waals surface area contributed by atoms with E-state index in [0.29, 0.717) is 19.3 Å². The van der Waals surface area contributed by atoms with Gasteiger partial charge in [0, 0.05) is 19.3 Å². The quantitative estimate of drug-likeness (QED) is 0.0267. The zero-order valence-electron chi connectivity index (χ0n) is 35.9. The van der Waals surface area contributed by atoms with Gasteiger partial charge in [0.2, 0.25) is 0 Å². The SMILES string of the molecule is CC/C=C\C/C=C\C/C=C\C/C=C\CCCCCCC(=O)OCC(COC(=O)CCCCCCCCCCC)OC(=O)CCCCCCC/C=C\CCCC. The van der Waals surface area contributed by atoms with Crippen molar-refractivity contribution < 1.29 is 28.6 Å². The molecule has 0 amide bonds. The molecule has 55 heavy (non-hydrogen) atoms. The monoisotopic (exact) mass is 769 g/mol. The Bertz CT molecular complexity index is 1020. The van der Waals surface area contributed by atoms with Crippen molar-refractivity contribution in [2.24, 2.45) is 0 Å². The average Bonchev–Trinajstić information content (AvgIpc) is 3.18. The highest BCUT2D eigenvalue weighted by molar-refractivity contribution is 5.71. The van der Waals surface area contributed by atoms with Gasteiger partial charge in [-0.15, -0.1) is 0 Å². The van der Waals surface area contributed by atoms with E-state index in [9.17, 15) is 14.4 Å². The lowest BCUT2D eigenvalue weighted by molar-refractivity contribution is -0.167. The second-order valence-corrected chi connectivity index (χ2v) is 14.9. The number of carbonyl (C=O) groups is 3. The minimum absolute atomic E-state index is 0.0850. The third-order valence-electron chi connectivity index (χ3n) is 9.51. The maximum Gasteiger partial charge on any atom is 0.306 e. The molecule has 1 atom stereocenters. The van der Waals surface area contributed by atoms with Crippen LogP contribution in [0.5, 0.6) is 0 Å². The molecule has 0 radical (unpaired) electrons. The smallest absolute Gasteiger partial charge is 0.306 e. The van der Waals surface area contributed by atoms with E-state index in [1.54, 1.807) is 0 Å². The first-order chi connectivity index (χ1) is 27.0. The largest absolute Gasteiger partial charge is 0.462 e. The van der Waals surface area contributed by atoms with Gasteiger partial charge in [-0.3, -0.25) is 14.4 Å². The van der Waals surface area contributed by atoms with Gasteiger partial charge in [0.25, 0.3) is 0 Å². The molecule has 0 fully saturated rings. The van der Waals surface area contributed by atoms with Gasteiger partial charge in [-0.25, -0.2) is 0 Å². The molecular formula is C49H84O6. The summed E-state index contributed by atoms with van der Waals surface area (Å²) in [6, 6.07) is 0. The molecule has 0 rings (SSSR count). The number of ether oxygens (including phenoxy) is 3. The summed E-state index contributed by atoms with van der Waals surface area (Å²) in [5, 5.41) is 0. The Labute approximate surface area is 339 Å². The third kappa shape index (κ3) is 42.1. The zero-order chi connectivity index (χ0) is 40.1. The second kappa shape index (κ2) is 43.8. The lowest BCUT2D eigenvalue weighted by atomic mass is 10.1.